The summed E-state index contributed by atoms with van der Waals surface area (Å²) in [6.45, 7) is 0.314. The number of hydrogen-bond acceptors (Lipinski definition) is 6. The monoisotopic (exact) mass is 471 g/mol. The quantitative estimate of drug-likeness (QED) is 0.257. The number of ether oxygens (including phenoxy) is 2. The van der Waals surface area contributed by atoms with Gasteiger partial charge in [0.1, 0.15) is 5.76 Å². The maximum atomic E-state index is 13.0. The minimum Gasteiger partial charge on any atom is -0.507 e. The molecule has 1 amide bonds. The Morgan fingerprint density at radius 1 is 1.00 bits per heavy atom. The molecule has 0 radical (unpaired) electrons. The Kier molecular flexibility index (Phi) is 6.55. The van der Waals surface area contributed by atoms with Crippen molar-refractivity contribution < 1.29 is 34.1 Å². The maximum absolute atomic E-state index is 13.0. The van der Waals surface area contributed by atoms with E-state index in [0.29, 0.717) is 46.9 Å². The Labute approximate surface area is 195 Å². The SMILES string of the molecule is O=C(O)CCCCCN1C(=O)C(=O)C(=C(O)c2ccc(Cl)cc2)C1c1ccc2c(c1)OCO2. The Balaban J connectivity index is 1.70. The molecule has 4 rings (SSSR count). The second-order valence-corrected chi connectivity index (χ2v) is 8.25. The van der Waals surface area contributed by atoms with Gasteiger partial charge < -0.3 is 24.6 Å². The van der Waals surface area contributed by atoms with E-state index in [2.05, 4.69) is 0 Å². The first-order chi connectivity index (χ1) is 15.9. The lowest BCUT2D eigenvalue weighted by molar-refractivity contribution is -0.140. The number of nitrogens with zero attached hydrogens (tertiary/aromatic N) is 1. The van der Waals surface area contributed by atoms with Crippen LogP contribution in [-0.4, -0.2) is 46.1 Å². The number of benzene rings is 2. The molecule has 1 saturated heterocycles. The number of Topliss-reactive ketones (excluding diaryl/α,β-unsaturated/α-hetero) is 1. The van der Waals surface area contributed by atoms with Crippen LogP contribution in [0.3, 0.4) is 0 Å². The van der Waals surface area contributed by atoms with Crippen molar-refractivity contribution in [3.8, 4) is 11.5 Å². The van der Waals surface area contributed by atoms with E-state index in [9.17, 15) is 19.5 Å². The van der Waals surface area contributed by atoms with Crippen LogP contribution in [0.2, 0.25) is 5.02 Å². The standard InChI is InChI=1S/C24H22ClNO7/c25-16-8-5-14(6-9-16)22(29)20-21(15-7-10-17-18(12-15)33-13-32-17)26(24(31)23(20)30)11-3-1-2-4-19(27)28/h5-10,12,21,29H,1-4,11,13H2,(H,27,28). The van der Waals surface area contributed by atoms with Crippen LogP contribution in [0, 0.1) is 0 Å². The Morgan fingerprint density at radius 2 is 1.73 bits per heavy atom. The number of unbranched alkanes of at least 4 members (excludes halogenated alkanes) is 2. The smallest absolute Gasteiger partial charge is 0.303 e. The van der Waals surface area contributed by atoms with E-state index in [1.165, 1.54) is 4.90 Å². The average molecular weight is 472 g/mol. The number of amides is 1. The lowest BCUT2D eigenvalue weighted by Gasteiger charge is -2.25. The number of hydrogen-bond donors (Lipinski definition) is 2. The van der Waals surface area contributed by atoms with Gasteiger partial charge in [0.05, 0.1) is 11.6 Å². The van der Waals surface area contributed by atoms with Crippen molar-refractivity contribution >= 4 is 35.0 Å². The van der Waals surface area contributed by atoms with Crippen molar-refractivity contribution in [2.24, 2.45) is 0 Å². The fraction of sp³-hybridized carbons (Fsp3) is 0.292. The van der Waals surface area contributed by atoms with E-state index in [-0.39, 0.29) is 31.1 Å². The van der Waals surface area contributed by atoms with Gasteiger partial charge in [0.15, 0.2) is 11.5 Å². The Bertz CT molecular complexity index is 1130. The molecule has 0 spiro atoms. The molecule has 0 aliphatic carbocycles. The van der Waals surface area contributed by atoms with Gasteiger partial charge >= 0.3 is 5.97 Å². The summed E-state index contributed by atoms with van der Waals surface area (Å²) in [6.07, 6.45) is 1.61. The number of aliphatic hydroxyl groups is 1. The molecule has 2 aromatic carbocycles. The number of carbonyl (C=O) groups is 3. The van der Waals surface area contributed by atoms with Crippen LogP contribution in [-0.2, 0) is 14.4 Å². The van der Waals surface area contributed by atoms with Gasteiger partial charge in [-0.15, -0.1) is 0 Å². The molecule has 33 heavy (non-hydrogen) atoms. The summed E-state index contributed by atoms with van der Waals surface area (Å²) in [7, 11) is 0. The van der Waals surface area contributed by atoms with Crippen LogP contribution in [0.5, 0.6) is 11.5 Å². The number of rotatable bonds is 8. The molecule has 2 N–H and O–H groups in total. The van der Waals surface area contributed by atoms with Gasteiger partial charge in [0.2, 0.25) is 6.79 Å². The van der Waals surface area contributed by atoms with Gasteiger partial charge in [-0.25, -0.2) is 0 Å². The van der Waals surface area contributed by atoms with Crippen LogP contribution in [0.4, 0.5) is 0 Å². The third-order valence-electron chi connectivity index (χ3n) is 5.66. The van der Waals surface area contributed by atoms with Gasteiger partial charge in [-0.2, -0.15) is 0 Å². The van der Waals surface area contributed by atoms with E-state index in [1.54, 1.807) is 42.5 Å². The van der Waals surface area contributed by atoms with E-state index >= 15 is 0 Å². The molecule has 2 aliphatic rings. The molecular formula is C24H22ClNO7. The van der Waals surface area contributed by atoms with Crippen LogP contribution >= 0.6 is 11.6 Å². The van der Waals surface area contributed by atoms with E-state index in [1.807, 2.05) is 0 Å². The lowest BCUT2D eigenvalue weighted by Crippen LogP contribution is -2.30. The van der Waals surface area contributed by atoms with E-state index in [4.69, 9.17) is 26.2 Å². The first-order valence-corrected chi connectivity index (χ1v) is 10.9. The molecule has 2 heterocycles. The summed E-state index contributed by atoms with van der Waals surface area (Å²) < 4.78 is 10.8. The zero-order valence-corrected chi connectivity index (χ0v) is 18.4. The summed E-state index contributed by atoms with van der Waals surface area (Å²) >= 11 is 5.94. The average Bonchev–Trinajstić information content (AvgIpc) is 3.36. The molecule has 9 heteroatoms. The highest BCUT2D eigenvalue weighted by atomic mass is 35.5. The van der Waals surface area contributed by atoms with Crippen molar-refractivity contribution in [2.45, 2.75) is 31.7 Å². The van der Waals surface area contributed by atoms with Crippen molar-refractivity contribution in [3.63, 3.8) is 0 Å². The third-order valence-corrected chi connectivity index (χ3v) is 5.91. The largest absolute Gasteiger partial charge is 0.507 e. The first-order valence-electron chi connectivity index (χ1n) is 10.5. The minimum atomic E-state index is -0.876. The van der Waals surface area contributed by atoms with Gasteiger partial charge in [0, 0.05) is 23.6 Å². The molecule has 0 aromatic heterocycles. The topological polar surface area (TPSA) is 113 Å². The van der Waals surface area contributed by atoms with Crippen molar-refractivity contribution in [1.29, 1.82) is 0 Å². The number of ketones is 1. The molecule has 1 fully saturated rings. The maximum Gasteiger partial charge on any atom is 0.303 e. The van der Waals surface area contributed by atoms with Crippen LogP contribution in [0.1, 0.15) is 42.9 Å². The third kappa shape index (κ3) is 4.66. The lowest BCUT2D eigenvalue weighted by atomic mass is 9.95. The van der Waals surface area contributed by atoms with Crippen LogP contribution < -0.4 is 9.47 Å². The predicted octanol–water partition coefficient (Wildman–Crippen LogP) is 4.14. The van der Waals surface area contributed by atoms with Crippen LogP contribution in [0.25, 0.3) is 5.76 Å². The molecule has 1 unspecified atom stereocenters. The van der Waals surface area contributed by atoms with Crippen molar-refractivity contribution in [2.75, 3.05) is 13.3 Å². The molecule has 8 nitrogen and oxygen atoms in total. The number of halogens is 1. The highest BCUT2D eigenvalue weighted by Gasteiger charge is 2.46. The molecule has 2 aromatic rings. The Morgan fingerprint density at radius 3 is 2.45 bits per heavy atom. The molecule has 0 bridgehead atoms. The fourth-order valence-electron chi connectivity index (χ4n) is 4.04. The van der Waals surface area contributed by atoms with Gasteiger partial charge in [-0.3, -0.25) is 14.4 Å². The fourth-order valence-corrected chi connectivity index (χ4v) is 4.16. The number of carbonyl (C=O) groups excluding carboxylic acids is 2. The molecular weight excluding hydrogens is 450 g/mol. The van der Waals surface area contributed by atoms with Gasteiger partial charge in [-0.05, 0) is 54.8 Å². The number of aliphatic hydroxyl groups excluding tert-OH is 1. The summed E-state index contributed by atoms with van der Waals surface area (Å²) in [6, 6.07) is 10.6. The highest BCUT2D eigenvalue weighted by molar-refractivity contribution is 6.46. The van der Waals surface area contributed by atoms with E-state index < -0.39 is 23.7 Å². The molecule has 0 saturated carbocycles. The predicted molar refractivity (Wildman–Crippen MR) is 119 cm³/mol. The second kappa shape index (κ2) is 9.54. The summed E-state index contributed by atoms with van der Waals surface area (Å²) in [4.78, 5) is 38.1. The number of carboxylic acid groups (broad SMARTS) is 1. The number of likely N-dealkylation sites (tertiary alicyclic amines) is 1. The van der Waals surface area contributed by atoms with Crippen molar-refractivity contribution in [1.82, 2.24) is 4.90 Å². The molecule has 1 atom stereocenters. The van der Waals surface area contributed by atoms with E-state index in [0.717, 1.165) is 0 Å². The zero-order valence-electron chi connectivity index (χ0n) is 17.6. The number of fused-ring (bicyclic) bond motifs is 1. The zero-order chi connectivity index (χ0) is 23.5. The van der Waals surface area contributed by atoms with Crippen molar-refractivity contribution in [3.05, 3.63) is 64.2 Å². The first kappa shape index (κ1) is 22.7. The minimum absolute atomic E-state index is 0.0216. The summed E-state index contributed by atoms with van der Waals surface area (Å²) in [5.74, 6) is -1.62. The normalized spacial score (nSPS) is 18.7. The van der Waals surface area contributed by atoms with Gasteiger partial charge in [0.25, 0.3) is 11.7 Å². The number of carboxylic acids is 1. The number of aliphatic carboxylic acids is 1. The van der Waals surface area contributed by atoms with Gasteiger partial charge in [-0.1, -0.05) is 24.1 Å². The summed E-state index contributed by atoms with van der Waals surface area (Å²) in [5.41, 5.74) is 0.941. The molecule has 172 valence electrons. The molecule has 2 aliphatic heterocycles. The second-order valence-electron chi connectivity index (χ2n) is 7.82. The van der Waals surface area contributed by atoms with Crippen LogP contribution in [0.15, 0.2) is 48.0 Å². The Hall–Kier alpha value is -3.52. The highest BCUT2D eigenvalue weighted by Crippen LogP contribution is 2.43. The summed E-state index contributed by atoms with van der Waals surface area (Å²) in [5, 5.41) is 20.3.